The molecule has 21 heavy (non-hydrogen) atoms. The molecule has 0 bridgehead atoms. The molecule has 3 heteroatoms. The Labute approximate surface area is 127 Å². The summed E-state index contributed by atoms with van der Waals surface area (Å²) in [6, 6.07) is 12.2. The van der Waals surface area contributed by atoms with Crippen molar-refractivity contribution < 1.29 is 0 Å². The van der Waals surface area contributed by atoms with Gasteiger partial charge in [0.05, 0.1) is 5.39 Å². The minimum Gasteiger partial charge on any atom is -0.371 e. The SMILES string of the molecule is CCCCN(CCCC)c1ccc([N+]#N)c2ccccc12. The maximum Gasteiger partial charge on any atom is 0.392 e. The van der Waals surface area contributed by atoms with E-state index < -0.39 is 0 Å². The number of fused-ring (bicyclic) bond motifs is 1. The molecule has 0 amide bonds. The summed E-state index contributed by atoms with van der Waals surface area (Å²) < 4.78 is 0. The van der Waals surface area contributed by atoms with E-state index in [4.69, 9.17) is 5.39 Å². The molecule has 0 saturated heterocycles. The summed E-state index contributed by atoms with van der Waals surface area (Å²) in [5.74, 6) is 0. The normalized spacial score (nSPS) is 10.5. The highest BCUT2D eigenvalue weighted by Crippen LogP contribution is 2.34. The molecule has 2 aromatic rings. The van der Waals surface area contributed by atoms with E-state index in [-0.39, 0.29) is 0 Å². The molecule has 2 rings (SSSR count). The van der Waals surface area contributed by atoms with Gasteiger partial charge in [0.15, 0.2) is 4.98 Å². The average molecular weight is 282 g/mol. The van der Waals surface area contributed by atoms with Crippen LogP contribution in [0.2, 0.25) is 0 Å². The lowest BCUT2D eigenvalue weighted by atomic mass is 10.1. The summed E-state index contributed by atoms with van der Waals surface area (Å²) in [5, 5.41) is 11.3. The van der Waals surface area contributed by atoms with E-state index >= 15 is 0 Å². The zero-order chi connectivity index (χ0) is 15.1. The van der Waals surface area contributed by atoms with Crippen molar-refractivity contribution in [2.75, 3.05) is 18.0 Å². The number of nitrogens with zero attached hydrogens (tertiary/aromatic N) is 3. The molecule has 0 aliphatic carbocycles. The summed E-state index contributed by atoms with van der Waals surface area (Å²) in [4.78, 5) is 5.87. The molecule has 0 aliphatic heterocycles. The van der Waals surface area contributed by atoms with E-state index in [2.05, 4.69) is 35.9 Å². The van der Waals surface area contributed by atoms with Gasteiger partial charge < -0.3 is 4.90 Å². The molecule has 0 aromatic heterocycles. The van der Waals surface area contributed by atoms with E-state index in [0.29, 0.717) is 5.69 Å². The summed E-state index contributed by atoms with van der Waals surface area (Å²) >= 11 is 0. The molecule has 0 fully saturated rings. The first kappa shape index (κ1) is 15.3. The van der Waals surface area contributed by atoms with E-state index in [1.807, 2.05) is 24.3 Å². The van der Waals surface area contributed by atoms with Gasteiger partial charge >= 0.3 is 5.69 Å². The molecule has 0 heterocycles. The van der Waals surface area contributed by atoms with Gasteiger partial charge in [0.25, 0.3) is 0 Å². The van der Waals surface area contributed by atoms with Crippen LogP contribution in [0.4, 0.5) is 11.4 Å². The second-order valence-electron chi connectivity index (χ2n) is 5.44. The van der Waals surface area contributed by atoms with Crippen LogP contribution in [0, 0.1) is 5.39 Å². The molecule has 0 unspecified atom stereocenters. The molecule has 110 valence electrons. The standard InChI is InChI=1S/C18H24N3/c1-3-5-13-21(14-6-4-2)18-12-11-17(20-19)15-9-7-8-10-16(15)18/h7-12H,3-6,13-14H2,1-2H3/q+1. The Morgan fingerprint density at radius 2 is 1.52 bits per heavy atom. The summed E-state index contributed by atoms with van der Waals surface area (Å²) in [5.41, 5.74) is 1.89. The lowest BCUT2D eigenvalue weighted by Gasteiger charge is -2.25. The summed E-state index contributed by atoms with van der Waals surface area (Å²) in [6.45, 7) is 6.61. The second kappa shape index (κ2) is 7.64. The van der Waals surface area contributed by atoms with Gasteiger partial charge in [-0.25, -0.2) is 0 Å². The van der Waals surface area contributed by atoms with Crippen molar-refractivity contribution in [3.63, 3.8) is 0 Å². The maximum absolute atomic E-state index is 9.16. The summed E-state index contributed by atoms with van der Waals surface area (Å²) in [6.07, 6.45) is 4.80. The lowest BCUT2D eigenvalue weighted by molar-refractivity contribution is 0.679. The Kier molecular flexibility index (Phi) is 5.57. The minimum atomic E-state index is 0.639. The zero-order valence-electron chi connectivity index (χ0n) is 13.0. The predicted octanol–water partition coefficient (Wildman–Crippen LogP) is 5.73. The first-order chi connectivity index (χ1) is 10.3. The first-order valence-corrected chi connectivity index (χ1v) is 7.93. The van der Waals surface area contributed by atoms with Crippen LogP contribution in [0.1, 0.15) is 39.5 Å². The van der Waals surface area contributed by atoms with E-state index in [1.54, 1.807) is 0 Å². The number of benzene rings is 2. The fourth-order valence-electron chi connectivity index (χ4n) is 2.68. The molecule has 3 nitrogen and oxygen atoms in total. The minimum absolute atomic E-state index is 0.639. The average Bonchev–Trinajstić information content (AvgIpc) is 2.54. The van der Waals surface area contributed by atoms with Crippen molar-refractivity contribution in [3.05, 3.63) is 41.4 Å². The van der Waals surface area contributed by atoms with Crippen LogP contribution in [0.15, 0.2) is 36.4 Å². The quantitative estimate of drug-likeness (QED) is 0.607. The van der Waals surface area contributed by atoms with Crippen LogP contribution in [-0.2, 0) is 0 Å². The molecule has 0 saturated carbocycles. The van der Waals surface area contributed by atoms with Crippen LogP contribution < -0.4 is 4.90 Å². The number of unbranched alkanes of at least 4 members (excludes halogenated alkanes) is 2. The Balaban J connectivity index is 2.44. The van der Waals surface area contributed by atoms with Crippen molar-refractivity contribution in [1.29, 1.82) is 5.39 Å². The number of diazo groups is 1. The zero-order valence-corrected chi connectivity index (χ0v) is 13.0. The van der Waals surface area contributed by atoms with Crippen LogP contribution in [-0.4, -0.2) is 13.1 Å². The van der Waals surface area contributed by atoms with E-state index in [9.17, 15) is 0 Å². The number of hydrogen-bond acceptors (Lipinski definition) is 2. The number of rotatable bonds is 7. The fourth-order valence-corrected chi connectivity index (χ4v) is 2.68. The Bertz CT molecular complexity index is 620. The van der Waals surface area contributed by atoms with Crippen LogP contribution in [0.3, 0.4) is 0 Å². The molecule has 0 radical (unpaired) electrons. The van der Waals surface area contributed by atoms with Gasteiger partial charge in [0.2, 0.25) is 5.39 Å². The third-order valence-electron chi connectivity index (χ3n) is 3.89. The largest absolute Gasteiger partial charge is 0.392 e. The second-order valence-corrected chi connectivity index (χ2v) is 5.44. The highest BCUT2D eigenvalue weighted by Gasteiger charge is 2.16. The third kappa shape index (κ3) is 3.52. The highest BCUT2D eigenvalue weighted by molar-refractivity contribution is 6.02. The van der Waals surface area contributed by atoms with Crippen molar-refractivity contribution in [2.45, 2.75) is 39.5 Å². The third-order valence-corrected chi connectivity index (χ3v) is 3.89. The monoisotopic (exact) mass is 282 g/mol. The van der Waals surface area contributed by atoms with Crippen molar-refractivity contribution in [2.24, 2.45) is 0 Å². The van der Waals surface area contributed by atoms with E-state index in [0.717, 1.165) is 18.5 Å². The first-order valence-electron chi connectivity index (χ1n) is 7.93. The molecule has 0 N–H and O–H groups in total. The molecular weight excluding hydrogens is 258 g/mol. The van der Waals surface area contributed by atoms with Gasteiger partial charge in [-0.3, -0.25) is 0 Å². The van der Waals surface area contributed by atoms with Gasteiger partial charge in [-0.05, 0) is 25.0 Å². The lowest BCUT2D eigenvalue weighted by Crippen LogP contribution is -2.25. The smallest absolute Gasteiger partial charge is 0.371 e. The molecular formula is C18H24N3+. The van der Waals surface area contributed by atoms with Crippen LogP contribution in [0.25, 0.3) is 15.7 Å². The molecule has 2 aromatic carbocycles. The van der Waals surface area contributed by atoms with Gasteiger partial charge in [0.1, 0.15) is 0 Å². The number of anilines is 1. The fraction of sp³-hybridized carbons (Fsp3) is 0.444. The van der Waals surface area contributed by atoms with Crippen molar-refractivity contribution in [3.8, 4) is 0 Å². The topological polar surface area (TPSA) is 31.4 Å². The number of hydrogen-bond donors (Lipinski definition) is 0. The molecule has 0 aliphatic rings. The van der Waals surface area contributed by atoms with E-state index in [1.165, 1.54) is 36.8 Å². The van der Waals surface area contributed by atoms with Gasteiger partial charge in [-0.2, -0.15) is 0 Å². The van der Waals surface area contributed by atoms with Gasteiger partial charge in [-0.15, -0.1) is 0 Å². The van der Waals surface area contributed by atoms with Crippen molar-refractivity contribution >= 4 is 22.1 Å². The Hall–Kier alpha value is -2.08. The molecule has 0 atom stereocenters. The van der Waals surface area contributed by atoms with Gasteiger partial charge in [-0.1, -0.05) is 44.9 Å². The maximum atomic E-state index is 9.16. The highest BCUT2D eigenvalue weighted by atomic mass is 15.1. The summed E-state index contributed by atoms with van der Waals surface area (Å²) in [7, 11) is 0. The Morgan fingerprint density at radius 3 is 2.10 bits per heavy atom. The van der Waals surface area contributed by atoms with Gasteiger partial charge in [0, 0.05) is 30.2 Å². The Morgan fingerprint density at radius 1 is 0.905 bits per heavy atom. The predicted molar refractivity (Wildman–Crippen MR) is 90.7 cm³/mol. The molecule has 0 spiro atoms. The van der Waals surface area contributed by atoms with Crippen LogP contribution >= 0.6 is 0 Å². The van der Waals surface area contributed by atoms with Crippen LogP contribution in [0.5, 0.6) is 0 Å². The van der Waals surface area contributed by atoms with Crippen molar-refractivity contribution in [1.82, 2.24) is 0 Å².